The molecule has 3 nitrogen and oxygen atoms in total. The summed E-state index contributed by atoms with van der Waals surface area (Å²) in [5, 5.41) is 9.82. The fourth-order valence-electron chi connectivity index (χ4n) is 6.22. The van der Waals surface area contributed by atoms with Crippen molar-refractivity contribution in [2.24, 2.45) is 29.4 Å². The molecule has 0 heterocycles. The Labute approximate surface area is 173 Å². The van der Waals surface area contributed by atoms with Crippen LogP contribution in [0.5, 0.6) is 11.5 Å². The Morgan fingerprint density at radius 2 is 1.38 bits per heavy atom. The number of aromatic hydroxyl groups is 1. The van der Waals surface area contributed by atoms with E-state index in [2.05, 4.69) is 36.4 Å². The summed E-state index contributed by atoms with van der Waals surface area (Å²) in [6, 6.07) is 16.4. The van der Waals surface area contributed by atoms with Crippen LogP contribution in [0.3, 0.4) is 0 Å². The fraction of sp³-hybridized carbons (Fsp3) is 0.462. The van der Waals surface area contributed by atoms with Crippen LogP contribution in [0.4, 0.5) is 0 Å². The van der Waals surface area contributed by atoms with Gasteiger partial charge in [-0.1, -0.05) is 29.8 Å². The van der Waals surface area contributed by atoms with Gasteiger partial charge in [0.1, 0.15) is 11.5 Å². The van der Waals surface area contributed by atoms with Crippen LogP contribution < -0.4 is 10.5 Å². The van der Waals surface area contributed by atoms with Crippen LogP contribution in [0.1, 0.15) is 49.7 Å². The molecule has 6 rings (SSSR count). The molecule has 4 fully saturated rings. The van der Waals surface area contributed by atoms with Crippen molar-refractivity contribution in [3.05, 3.63) is 65.2 Å². The minimum absolute atomic E-state index is 0.326. The number of allylic oxidation sites excluding steroid dienone is 1. The average Bonchev–Trinajstić information content (AvgIpc) is 2.72. The molecule has 0 saturated heterocycles. The van der Waals surface area contributed by atoms with Crippen molar-refractivity contribution >= 4 is 5.57 Å². The van der Waals surface area contributed by atoms with E-state index in [-0.39, 0.29) is 0 Å². The first-order valence-electron chi connectivity index (χ1n) is 11.2. The predicted octanol–water partition coefficient (Wildman–Crippen LogP) is 5.38. The number of phenolic OH excluding ortho intramolecular Hbond substituents is 1. The maximum atomic E-state index is 9.82. The summed E-state index contributed by atoms with van der Waals surface area (Å²) < 4.78 is 5.81. The number of ether oxygens (including phenoxy) is 1. The predicted molar refractivity (Wildman–Crippen MR) is 117 cm³/mol. The number of phenols is 1. The zero-order valence-corrected chi connectivity index (χ0v) is 17.0. The van der Waals surface area contributed by atoms with Gasteiger partial charge in [-0.3, -0.25) is 0 Å². The maximum absolute atomic E-state index is 9.82. The van der Waals surface area contributed by atoms with Crippen molar-refractivity contribution < 1.29 is 9.84 Å². The van der Waals surface area contributed by atoms with E-state index in [0.29, 0.717) is 18.9 Å². The Bertz CT molecular complexity index is 852. The topological polar surface area (TPSA) is 55.5 Å². The third kappa shape index (κ3) is 3.69. The van der Waals surface area contributed by atoms with E-state index in [1.54, 1.807) is 5.57 Å². The molecule has 3 heteroatoms. The van der Waals surface area contributed by atoms with Crippen LogP contribution in [0.25, 0.3) is 5.57 Å². The Morgan fingerprint density at radius 3 is 1.93 bits per heavy atom. The molecule has 3 N–H and O–H groups in total. The summed E-state index contributed by atoms with van der Waals surface area (Å²) in [4.78, 5) is 0. The van der Waals surface area contributed by atoms with Gasteiger partial charge >= 0.3 is 0 Å². The summed E-state index contributed by atoms with van der Waals surface area (Å²) in [5.74, 6) is 4.58. The molecule has 152 valence electrons. The zero-order chi connectivity index (χ0) is 19.8. The van der Waals surface area contributed by atoms with Gasteiger partial charge in [-0.25, -0.2) is 0 Å². The van der Waals surface area contributed by atoms with Crippen molar-refractivity contribution in [1.29, 1.82) is 0 Å². The highest BCUT2D eigenvalue weighted by atomic mass is 16.5. The first-order chi connectivity index (χ1) is 14.2. The highest BCUT2D eigenvalue weighted by Gasteiger charge is 2.46. The van der Waals surface area contributed by atoms with E-state index in [1.165, 1.54) is 48.8 Å². The highest BCUT2D eigenvalue weighted by molar-refractivity contribution is 5.83. The van der Waals surface area contributed by atoms with Gasteiger partial charge in [0, 0.05) is 0 Å². The molecule has 4 bridgehead atoms. The molecule has 2 aromatic rings. The third-order valence-electron chi connectivity index (χ3n) is 7.22. The molecule has 0 spiro atoms. The van der Waals surface area contributed by atoms with Crippen LogP contribution in [-0.4, -0.2) is 18.3 Å². The summed E-state index contributed by atoms with van der Waals surface area (Å²) >= 11 is 0. The minimum Gasteiger partial charge on any atom is -0.508 e. The molecule has 0 atom stereocenters. The molecule has 4 aliphatic rings. The summed E-state index contributed by atoms with van der Waals surface area (Å²) in [7, 11) is 0. The second kappa shape index (κ2) is 7.87. The lowest BCUT2D eigenvalue weighted by molar-refractivity contribution is 0.0705. The van der Waals surface area contributed by atoms with Gasteiger partial charge < -0.3 is 15.6 Å². The molecule has 0 amide bonds. The lowest BCUT2D eigenvalue weighted by Gasteiger charge is -2.52. The van der Waals surface area contributed by atoms with Crippen LogP contribution in [0, 0.1) is 23.7 Å². The second-order valence-electron chi connectivity index (χ2n) is 9.20. The molecule has 0 unspecified atom stereocenters. The van der Waals surface area contributed by atoms with E-state index in [1.807, 2.05) is 12.1 Å². The van der Waals surface area contributed by atoms with Gasteiger partial charge in [0.25, 0.3) is 0 Å². The molecule has 29 heavy (non-hydrogen) atoms. The summed E-state index contributed by atoms with van der Waals surface area (Å²) in [6.45, 7) is 1.31. The van der Waals surface area contributed by atoms with E-state index in [0.717, 1.165) is 35.8 Å². The third-order valence-corrected chi connectivity index (χ3v) is 7.22. The lowest BCUT2D eigenvalue weighted by Crippen LogP contribution is -2.40. The first kappa shape index (κ1) is 18.7. The average molecular weight is 390 g/mol. The van der Waals surface area contributed by atoms with Gasteiger partial charge in [0.05, 0.1) is 6.61 Å². The van der Waals surface area contributed by atoms with Crippen LogP contribution in [0.15, 0.2) is 54.1 Å². The highest BCUT2D eigenvalue weighted by Crippen LogP contribution is 2.58. The van der Waals surface area contributed by atoms with Crippen molar-refractivity contribution in [2.75, 3.05) is 13.2 Å². The van der Waals surface area contributed by atoms with Crippen LogP contribution in [0.2, 0.25) is 0 Å². The number of rotatable bonds is 6. The molecular formula is C26H31NO2. The largest absolute Gasteiger partial charge is 0.508 e. The van der Waals surface area contributed by atoms with Crippen LogP contribution >= 0.6 is 0 Å². The molecular weight excluding hydrogens is 358 g/mol. The first-order valence-corrected chi connectivity index (χ1v) is 11.2. The van der Waals surface area contributed by atoms with E-state index in [9.17, 15) is 5.11 Å². The molecule has 0 aromatic heterocycles. The monoisotopic (exact) mass is 389 g/mol. The molecule has 4 aliphatic carbocycles. The number of hydrogen-bond donors (Lipinski definition) is 2. The normalized spacial score (nSPS) is 27.3. The van der Waals surface area contributed by atoms with Crippen LogP contribution in [-0.2, 0) is 0 Å². The molecule has 2 aromatic carbocycles. The van der Waals surface area contributed by atoms with E-state index >= 15 is 0 Å². The molecule has 4 saturated carbocycles. The summed E-state index contributed by atoms with van der Waals surface area (Å²) in [6.07, 6.45) is 7.79. The Hall–Kier alpha value is -2.26. The van der Waals surface area contributed by atoms with Crippen molar-refractivity contribution in [2.45, 2.75) is 38.5 Å². The zero-order valence-electron chi connectivity index (χ0n) is 17.0. The lowest BCUT2D eigenvalue weighted by atomic mass is 9.53. The smallest absolute Gasteiger partial charge is 0.119 e. The van der Waals surface area contributed by atoms with Gasteiger partial charge in [0.15, 0.2) is 0 Å². The van der Waals surface area contributed by atoms with Crippen molar-refractivity contribution in [3.63, 3.8) is 0 Å². The number of hydrogen-bond acceptors (Lipinski definition) is 3. The van der Waals surface area contributed by atoms with Gasteiger partial charge in [-0.05, 0) is 110 Å². The minimum atomic E-state index is 0.326. The Morgan fingerprint density at radius 1 is 0.828 bits per heavy atom. The SMILES string of the molecule is NCCCOc1ccc(C(=C2C3CC4CC(C3)CC2C4)c2ccc(O)cc2)cc1. The number of benzene rings is 2. The Balaban J connectivity index is 1.54. The van der Waals surface area contributed by atoms with Gasteiger partial charge in [-0.2, -0.15) is 0 Å². The molecule has 0 aliphatic heterocycles. The Kier molecular flexibility index (Phi) is 5.09. The van der Waals surface area contributed by atoms with E-state index in [4.69, 9.17) is 10.5 Å². The maximum Gasteiger partial charge on any atom is 0.119 e. The standard InChI is InChI=1S/C26H31NO2/c27-10-1-11-29-24-8-4-20(5-9-24)25(19-2-6-23(28)7-3-19)26-21-13-17-12-18(15-21)16-22(26)14-17/h2-9,17-18,21-22,28H,1,10-16,27H2. The summed E-state index contributed by atoms with van der Waals surface area (Å²) in [5.41, 5.74) is 11.1. The van der Waals surface area contributed by atoms with Gasteiger partial charge in [-0.15, -0.1) is 0 Å². The molecule has 0 radical (unpaired) electrons. The number of nitrogens with two attached hydrogens (primary N) is 1. The second-order valence-corrected chi connectivity index (χ2v) is 9.20. The van der Waals surface area contributed by atoms with Gasteiger partial charge in [0.2, 0.25) is 0 Å². The fourth-order valence-corrected chi connectivity index (χ4v) is 6.22. The van der Waals surface area contributed by atoms with Crippen molar-refractivity contribution in [3.8, 4) is 11.5 Å². The quantitative estimate of drug-likeness (QED) is 0.652. The van der Waals surface area contributed by atoms with E-state index < -0.39 is 0 Å². The van der Waals surface area contributed by atoms with Crippen molar-refractivity contribution in [1.82, 2.24) is 0 Å².